The summed E-state index contributed by atoms with van der Waals surface area (Å²) in [7, 11) is 0. The molecule has 0 N–H and O–H groups in total. The van der Waals surface area contributed by atoms with Gasteiger partial charge in [0, 0.05) is 49.5 Å². The van der Waals surface area contributed by atoms with Gasteiger partial charge in [0.1, 0.15) is 5.82 Å². The molecule has 2 fully saturated rings. The first-order valence-electron chi connectivity index (χ1n) is 13.4. The van der Waals surface area contributed by atoms with Crippen LogP contribution < -0.4 is 0 Å². The molecule has 1 spiro atoms. The van der Waals surface area contributed by atoms with Gasteiger partial charge in [-0.25, -0.2) is 9.18 Å². The molecule has 2 amide bonds. The van der Waals surface area contributed by atoms with Gasteiger partial charge < -0.3 is 24.0 Å². The van der Waals surface area contributed by atoms with E-state index in [1.807, 2.05) is 12.1 Å². The largest absolute Gasteiger partial charge is 0.463 e. The standard InChI is InChI=1S/C30H33FN2O6/c1-3-37-29(36)27-20(2)33(26(34)18-24(27)23-6-4-5-7-25(23)31)19-21-8-10-22(11-9-21)28(35)32-14-12-30(13-15-32)38-16-17-39-30/h4-11,24H,3,12-19H2,1-2H3. The summed E-state index contributed by atoms with van der Waals surface area (Å²) >= 11 is 0. The number of allylic oxidation sites excluding steroid dienone is 1. The monoisotopic (exact) mass is 536 g/mol. The summed E-state index contributed by atoms with van der Waals surface area (Å²) in [6.07, 6.45) is 1.25. The smallest absolute Gasteiger partial charge is 0.336 e. The minimum absolute atomic E-state index is 0.0487. The number of benzene rings is 2. The van der Waals surface area contributed by atoms with Gasteiger partial charge >= 0.3 is 5.97 Å². The third kappa shape index (κ3) is 5.46. The number of ether oxygens (including phenoxy) is 3. The number of esters is 1. The van der Waals surface area contributed by atoms with Crippen LogP contribution in [0.15, 0.2) is 59.8 Å². The zero-order chi connectivity index (χ0) is 27.6. The van der Waals surface area contributed by atoms with E-state index in [2.05, 4.69) is 0 Å². The van der Waals surface area contributed by atoms with E-state index in [1.54, 1.807) is 49.1 Å². The Labute approximate surface area is 227 Å². The molecule has 2 aromatic carbocycles. The Balaban J connectivity index is 1.32. The van der Waals surface area contributed by atoms with Crippen LogP contribution in [0.1, 0.15) is 60.5 Å². The third-order valence-electron chi connectivity index (χ3n) is 7.77. The zero-order valence-corrected chi connectivity index (χ0v) is 22.3. The molecule has 8 nitrogen and oxygen atoms in total. The van der Waals surface area contributed by atoms with E-state index in [0.717, 1.165) is 5.56 Å². The molecule has 3 aliphatic heterocycles. The number of hydrogen-bond acceptors (Lipinski definition) is 6. The first kappa shape index (κ1) is 27.0. The Morgan fingerprint density at radius 1 is 1.05 bits per heavy atom. The van der Waals surface area contributed by atoms with Crippen molar-refractivity contribution in [2.24, 2.45) is 0 Å². The molecule has 2 saturated heterocycles. The van der Waals surface area contributed by atoms with Crippen LogP contribution in [0, 0.1) is 5.82 Å². The van der Waals surface area contributed by atoms with Crippen LogP contribution >= 0.6 is 0 Å². The summed E-state index contributed by atoms with van der Waals surface area (Å²) in [4.78, 5) is 42.6. The minimum Gasteiger partial charge on any atom is -0.463 e. The highest BCUT2D eigenvalue weighted by Crippen LogP contribution is 2.39. The van der Waals surface area contributed by atoms with Gasteiger partial charge in [-0.1, -0.05) is 30.3 Å². The fraction of sp³-hybridized carbons (Fsp3) is 0.433. The Bertz CT molecular complexity index is 1270. The van der Waals surface area contributed by atoms with Crippen molar-refractivity contribution in [3.8, 4) is 0 Å². The molecule has 1 atom stereocenters. The van der Waals surface area contributed by atoms with Crippen molar-refractivity contribution < 1.29 is 33.0 Å². The fourth-order valence-electron chi connectivity index (χ4n) is 5.65. The first-order chi connectivity index (χ1) is 18.8. The van der Waals surface area contributed by atoms with Crippen molar-refractivity contribution in [2.45, 2.75) is 51.4 Å². The molecule has 0 bridgehead atoms. The van der Waals surface area contributed by atoms with Crippen LogP contribution in [0.4, 0.5) is 4.39 Å². The molecule has 2 aromatic rings. The molecule has 0 aliphatic carbocycles. The SMILES string of the molecule is CCOC(=O)C1=C(C)N(Cc2ccc(C(=O)N3CCC4(CC3)OCCO4)cc2)C(=O)CC1c1ccccc1F. The van der Waals surface area contributed by atoms with Gasteiger partial charge in [0.05, 0.1) is 31.9 Å². The lowest BCUT2D eigenvalue weighted by atomic mass is 9.83. The van der Waals surface area contributed by atoms with Crippen molar-refractivity contribution in [2.75, 3.05) is 32.9 Å². The first-order valence-corrected chi connectivity index (χ1v) is 13.4. The van der Waals surface area contributed by atoms with Crippen LogP contribution in [0.3, 0.4) is 0 Å². The van der Waals surface area contributed by atoms with Crippen molar-refractivity contribution >= 4 is 17.8 Å². The van der Waals surface area contributed by atoms with Crippen LogP contribution in [-0.2, 0) is 30.3 Å². The molecule has 5 rings (SSSR count). The lowest BCUT2D eigenvalue weighted by Crippen LogP contribution is -2.47. The summed E-state index contributed by atoms with van der Waals surface area (Å²) in [5.74, 6) is -2.56. The topological polar surface area (TPSA) is 85.4 Å². The van der Waals surface area contributed by atoms with Crippen LogP contribution in [-0.4, -0.2) is 66.3 Å². The number of rotatable bonds is 6. The summed E-state index contributed by atoms with van der Waals surface area (Å²) < 4.78 is 31.5. The van der Waals surface area contributed by atoms with Gasteiger partial charge in [-0.3, -0.25) is 9.59 Å². The average Bonchev–Trinajstić information content (AvgIpc) is 3.39. The third-order valence-corrected chi connectivity index (χ3v) is 7.77. The second kappa shape index (κ2) is 11.3. The molecule has 0 saturated carbocycles. The molecule has 3 aliphatic rings. The summed E-state index contributed by atoms with van der Waals surface area (Å²) in [5, 5.41) is 0. The highest BCUT2D eigenvalue weighted by Gasteiger charge is 2.41. The normalized spacial score (nSPS) is 21.0. The van der Waals surface area contributed by atoms with Crippen LogP contribution in [0.5, 0.6) is 0 Å². The number of halogens is 1. The second-order valence-corrected chi connectivity index (χ2v) is 10.1. The molecule has 9 heteroatoms. The lowest BCUT2D eigenvalue weighted by molar-refractivity contribution is -0.181. The van der Waals surface area contributed by atoms with E-state index in [1.165, 1.54) is 11.0 Å². The van der Waals surface area contributed by atoms with E-state index in [-0.39, 0.29) is 37.0 Å². The number of likely N-dealkylation sites (tertiary alicyclic amines) is 1. The molecule has 3 heterocycles. The molecule has 1 unspecified atom stereocenters. The van der Waals surface area contributed by atoms with Crippen molar-refractivity contribution in [1.82, 2.24) is 9.80 Å². The van der Waals surface area contributed by atoms with Crippen molar-refractivity contribution in [3.05, 3.63) is 82.3 Å². The van der Waals surface area contributed by atoms with Gasteiger partial charge in [0.15, 0.2) is 5.79 Å². The predicted octanol–water partition coefficient (Wildman–Crippen LogP) is 4.16. The van der Waals surface area contributed by atoms with Gasteiger partial charge in [-0.2, -0.15) is 0 Å². The van der Waals surface area contributed by atoms with E-state index in [4.69, 9.17) is 14.2 Å². The fourth-order valence-corrected chi connectivity index (χ4v) is 5.65. The Hall–Kier alpha value is -3.56. The zero-order valence-electron chi connectivity index (χ0n) is 22.3. The quantitative estimate of drug-likeness (QED) is 0.516. The Morgan fingerprint density at radius 2 is 1.72 bits per heavy atom. The highest BCUT2D eigenvalue weighted by molar-refractivity contribution is 5.96. The summed E-state index contributed by atoms with van der Waals surface area (Å²) in [6, 6.07) is 13.3. The number of carbonyl (C=O) groups excluding carboxylic acids is 3. The molecule has 0 aromatic heterocycles. The molecular weight excluding hydrogens is 503 g/mol. The van der Waals surface area contributed by atoms with Gasteiger partial charge in [-0.05, 0) is 43.2 Å². The average molecular weight is 537 g/mol. The van der Waals surface area contributed by atoms with Crippen LogP contribution in [0.2, 0.25) is 0 Å². The van der Waals surface area contributed by atoms with Gasteiger partial charge in [-0.15, -0.1) is 0 Å². The second-order valence-electron chi connectivity index (χ2n) is 10.1. The number of nitrogens with zero attached hydrogens (tertiary/aromatic N) is 2. The van der Waals surface area contributed by atoms with E-state index < -0.39 is 23.5 Å². The molecular formula is C30H33FN2O6. The Morgan fingerprint density at radius 3 is 2.36 bits per heavy atom. The maximum absolute atomic E-state index is 14.7. The highest BCUT2D eigenvalue weighted by atomic mass is 19.1. The van der Waals surface area contributed by atoms with Crippen molar-refractivity contribution in [3.63, 3.8) is 0 Å². The predicted molar refractivity (Wildman–Crippen MR) is 140 cm³/mol. The van der Waals surface area contributed by atoms with Gasteiger partial charge in [0.2, 0.25) is 5.91 Å². The van der Waals surface area contributed by atoms with E-state index in [9.17, 15) is 18.8 Å². The maximum atomic E-state index is 14.7. The lowest BCUT2D eigenvalue weighted by Gasteiger charge is -2.37. The van der Waals surface area contributed by atoms with E-state index >= 15 is 0 Å². The molecule has 0 radical (unpaired) electrons. The molecule has 39 heavy (non-hydrogen) atoms. The van der Waals surface area contributed by atoms with Gasteiger partial charge in [0.25, 0.3) is 5.91 Å². The molecule has 206 valence electrons. The van der Waals surface area contributed by atoms with Crippen LogP contribution in [0.25, 0.3) is 0 Å². The summed E-state index contributed by atoms with van der Waals surface area (Å²) in [5.41, 5.74) is 2.39. The number of amides is 2. The maximum Gasteiger partial charge on any atom is 0.336 e. The Kier molecular flexibility index (Phi) is 7.81. The number of carbonyl (C=O) groups is 3. The number of hydrogen-bond donors (Lipinski definition) is 0. The van der Waals surface area contributed by atoms with E-state index in [0.29, 0.717) is 56.0 Å². The minimum atomic E-state index is -0.724. The summed E-state index contributed by atoms with van der Waals surface area (Å²) in [6.45, 7) is 6.09. The van der Waals surface area contributed by atoms with Crippen molar-refractivity contribution in [1.29, 1.82) is 0 Å². The number of piperidine rings is 1.